The molecule has 0 aromatic heterocycles. The van der Waals surface area contributed by atoms with Crippen molar-refractivity contribution in [2.24, 2.45) is 5.73 Å². The van der Waals surface area contributed by atoms with Crippen molar-refractivity contribution in [3.8, 4) is 0 Å². The van der Waals surface area contributed by atoms with E-state index >= 15 is 0 Å². The van der Waals surface area contributed by atoms with Gasteiger partial charge < -0.3 is 16.4 Å². The molecule has 0 aliphatic rings. The van der Waals surface area contributed by atoms with Gasteiger partial charge in [-0.2, -0.15) is 0 Å². The number of amides is 2. The highest BCUT2D eigenvalue weighted by molar-refractivity contribution is 5.89. The average Bonchev–Trinajstić information content (AvgIpc) is 2.47. The molecule has 0 heterocycles. The standard InChI is InChI=1S/C16H19N3O/c1-12-4-2-3-5-14(12)11-18-16(20)19-15-8-6-13(10-17)7-9-15/h2-9H,10-11,17H2,1H3,(H2,18,19,20). The van der Waals surface area contributed by atoms with Crippen molar-refractivity contribution in [3.63, 3.8) is 0 Å². The van der Waals surface area contributed by atoms with Gasteiger partial charge in [0.15, 0.2) is 0 Å². The predicted molar refractivity (Wildman–Crippen MR) is 81.4 cm³/mol. The van der Waals surface area contributed by atoms with Crippen LogP contribution >= 0.6 is 0 Å². The van der Waals surface area contributed by atoms with Crippen LogP contribution in [0, 0.1) is 6.92 Å². The van der Waals surface area contributed by atoms with Crippen LogP contribution in [0.25, 0.3) is 0 Å². The first kappa shape index (κ1) is 14.1. The molecule has 2 amide bonds. The fourth-order valence-corrected chi connectivity index (χ4v) is 1.88. The van der Waals surface area contributed by atoms with Crippen LogP contribution in [0.1, 0.15) is 16.7 Å². The Morgan fingerprint density at radius 3 is 2.45 bits per heavy atom. The maximum atomic E-state index is 11.8. The summed E-state index contributed by atoms with van der Waals surface area (Å²) in [7, 11) is 0. The lowest BCUT2D eigenvalue weighted by molar-refractivity contribution is 0.251. The number of carbonyl (C=O) groups excluding carboxylic acids is 1. The monoisotopic (exact) mass is 269 g/mol. The normalized spacial score (nSPS) is 10.1. The van der Waals surface area contributed by atoms with E-state index in [1.807, 2.05) is 55.5 Å². The van der Waals surface area contributed by atoms with Gasteiger partial charge in [0.1, 0.15) is 0 Å². The first-order chi connectivity index (χ1) is 9.69. The molecule has 0 bridgehead atoms. The number of hydrogen-bond donors (Lipinski definition) is 3. The summed E-state index contributed by atoms with van der Waals surface area (Å²) in [4.78, 5) is 11.8. The van der Waals surface area contributed by atoms with Crippen LogP contribution < -0.4 is 16.4 Å². The first-order valence-electron chi connectivity index (χ1n) is 6.57. The molecule has 104 valence electrons. The van der Waals surface area contributed by atoms with E-state index in [-0.39, 0.29) is 6.03 Å². The molecule has 4 N–H and O–H groups in total. The Kier molecular flexibility index (Phi) is 4.74. The summed E-state index contributed by atoms with van der Waals surface area (Å²) in [6, 6.07) is 15.3. The highest BCUT2D eigenvalue weighted by Gasteiger charge is 2.03. The first-order valence-corrected chi connectivity index (χ1v) is 6.57. The van der Waals surface area contributed by atoms with Gasteiger partial charge in [0.25, 0.3) is 0 Å². The molecule has 0 unspecified atom stereocenters. The van der Waals surface area contributed by atoms with Crippen LogP contribution in [-0.2, 0) is 13.1 Å². The van der Waals surface area contributed by atoms with Crippen molar-refractivity contribution in [1.29, 1.82) is 0 Å². The molecule has 0 saturated carbocycles. The summed E-state index contributed by atoms with van der Waals surface area (Å²) in [6.07, 6.45) is 0. The van der Waals surface area contributed by atoms with Crippen LogP contribution in [0.15, 0.2) is 48.5 Å². The van der Waals surface area contributed by atoms with E-state index in [1.54, 1.807) is 0 Å². The van der Waals surface area contributed by atoms with E-state index in [9.17, 15) is 4.79 Å². The van der Waals surface area contributed by atoms with E-state index in [2.05, 4.69) is 10.6 Å². The van der Waals surface area contributed by atoms with E-state index in [1.165, 1.54) is 5.56 Å². The van der Waals surface area contributed by atoms with Gasteiger partial charge in [-0.1, -0.05) is 36.4 Å². The third-order valence-electron chi connectivity index (χ3n) is 3.15. The second kappa shape index (κ2) is 6.73. The minimum atomic E-state index is -0.214. The predicted octanol–water partition coefficient (Wildman–Crippen LogP) is 2.78. The molecule has 20 heavy (non-hydrogen) atoms. The number of anilines is 1. The molecule has 2 aromatic carbocycles. The number of benzene rings is 2. The number of hydrogen-bond acceptors (Lipinski definition) is 2. The smallest absolute Gasteiger partial charge is 0.319 e. The third kappa shape index (κ3) is 3.83. The van der Waals surface area contributed by atoms with Crippen molar-refractivity contribution < 1.29 is 4.79 Å². The lowest BCUT2D eigenvalue weighted by Crippen LogP contribution is -2.28. The van der Waals surface area contributed by atoms with Gasteiger partial charge in [-0.3, -0.25) is 0 Å². The van der Waals surface area contributed by atoms with E-state index < -0.39 is 0 Å². The summed E-state index contributed by atoms with van der Waals surface area (Å²) in [5.74, 6) is 0. The quantitative estimate of drug-likeness (QED) is 0.799. The summed E-state index contributed by atoms with van der Waals surface area (Å²) in [5, 5.41) is 5.63. The van der Waals surface area contributed by atoms with Crippen LogP contribution in [-0.4, -0.2) is 6.03 Å². The Morgan fingerprint density at radius 2 is 1.80 bits per heavy atom. The van der Waals surface area contributed by atoms with Crippen molar-refractivity contribution in [3.05, 3.63) is 65.2 Å². The maximum Gasteiger partial charge on any atom is 0.319 e. The molecule has 0 aliphatic carbocycles. The van der Waals surface area contributed by atoms with Gasteiger partial charge in [-0.05, 0) is 35.7 Å². The molecule has 0 saturated heterocycles. The third-order valence-corrected chi connectivity index (χ3v) is 3.15. The SMILES string of the molecule is Cc1ccccc1CNC(=O)Nc1ccc(CN)cc1. The van der Waals surface area contributed by atoms with Crippen molar-refractivity contribution in [2.75, 3.05) is 5.32 Å². The van der Waals surface area contributed by atoms with Crippen LogP contribution in [0.3, 0.4) is 0 Å². The molecule has 0 spiro atoms. The Hall–Kier alpha value is -2.33. The Balaban J connectivity index is 1.87. The summed E-state index contributed by atoms with van der Waals surface area (Å²) in [5.41, 5.74) is 9.60. The summed E-state index contributed by atoms with van der Waals surface area (Å²) < 4.78 is 0. The number of carbonyl (C=O) groups is 1. The Morgan fingerprint density at radius 1 is 1.10 bits per heavy atom. The fourth-order valence-electron chi connectivity index (χ4n) is 1.88. The van der Waals surface area contributed by atoms with E-state index in [0.717, 1.165) is 16.8 Å². The molecule has 0 aliphatic heterocycles. The van der Waals surface area contributed by atoms with E-state index in [0.29, 0.717) is 13.1 Å². The Bertz CT molecular complexity index is 579. The largest absolute Gasteiger partial charge is 0.334 e. The summed E-state index contributed by atoms with van der Waals surface area (Å²) >= 11 is 0. The second-order valence-electron chi connectivity index (χ2n) is 4.64. The lowest BCUT2D eigenvalue weighted by atomic mass is 10.1. The van der Waals surface area contributed by atoms with Crippen molar-refractivity contribution in [1.82, 2.24) is 5.32 Å². The molecule has 0 radical (unpaired) electrons. The molecule has 2 rings (SSSR count). The highest BCUT2D eigenvalue weighted by atomic mass is 16.2. The average molecular weight is 269 g/mol. The number of aryl methyl sites for hydroxylation is 1. The highest BCUT2D eigenvalue weighted by Crippen LogP contribution is 2.09. The zero-order valence-electron chi connectivity index (χ0n) is 11.5. The molecule has 0 fully saturated rings. The summed E-state index contributed by atoms with van der Waals surface area (Å²) in [6.45, 7) is 3.04. The minimum absolute atomic E-state index is 0.214. The van der Waals surface area contributed by atoms with Gasteiger partial charge >= 0.3 is 6.03 Å². The van der Waals surface area contributed by atoms with Crippen molar-refractivity contribution in [2.45, 2.75) is 20.0 Å². The molecule has 4 heteroatoms. The topological polar surface area (TPSA) is 67.2 Å². The van der Waals surface area contributed by atoms with Gasteiger partial charge in [0.2, 0.25) is 0 Å². The number of nitrogens with one attached hydrogen (secondary N) is 2. The second-order valence-corrected chi connectivity index (χ2v) is 4.64. The van der Waals surface area contributed by atoms with Crippen LogP contribution in [0.4, 0.5) is 10.5 Å². The molecule has 0 atom stereocenters. The zero-order chi connectivity index (χ0) is 14.4. The molecule has 2 aromatic rings. The van der Waals surface area contributed by atoms with Gasteiger partial charge in [-0.15, -0.1) is 0 Å². The van der Waals surface area contributed by atoms with Crippen LogP contribution in [0.5, 0.6) is 0 Å². The van der Waals surface area contributed by atoms with Crippen molar-refractivity contribution >= 4 is 11.7 Å². The number of rotatable bonds is 4. The van der Waals surface area contributed by atoms with Crippen LogP contribution in [0.2, 0.25) is 0 Å². The fraction of sp³-hybridized carbons (Fsp3) is 0.188. The number of nitrogens with two attached hydrogens (primary N) is 1. The Labute approximate surface area is 119 Å². The lowest BCUT2D eigenvalue weighted by Gasteiger charge is -2.09. The molecular formula is C16H19N3O. The maximum absolute atomic E-state index is 11.8. The van der Waals surface area contributed by atoms with Gasteiger partial charge in [-0.25, -0.2) is 4.79 Å². The van der Waals surface area contributed by atoms with E-state index in [4.69, 9.17) is 5.73 Å². The molecule has 4 nitrogen and oxygen atoms in total. The van der Waals surface area contributed by atoms with Gasteiger partial charge in [0, 0.05) is 18.8 Å². The van der Waals surface area contributed by atoms with Gasteiger partial charge in [0.05, 0.1) is 0 Å². The molecular weight excluding hydrogens is 250 g/mol. The minimum Gasteiger partial charge on any atom is -0.334 e. The number of urea groups is 1. The zero-order valence-corrected chi connectivity index (χ0v) is 11.5.